The summed E-state index contributed by atoms with van der Waals surface area (Å²) in [6.45, 7) is 7.82. The van der Waals surface area contributed by atoms with E-state index in [1.54, 1.807) is 0 Å². The van der Waals surface area contributed by atoms with Gasteiger partial charge in [0.2, 0.25) is 0 Å². The minimum Gasteiger partial charge on any atom is -0.418 e. The Morgan fingerprint density at radius 3 is 2.29 bits per heavy atom. The molecule has 0 aliphatic heterocycles. The Bertz CT molecular complexity index is 145. The quantitative estimate of drug-likeness (QED) is 0.492. The molecule has 0 spiro atoms. The van der Waals surface area contributed by atoms with E-state index < -0.39 is 8.32 Å². The first kappa shape index (κ1) is 12.2. The van der Waals surface area contributed by atoms with Gasteiger partial charge in [-0.25, -0.2) is 0 Å². The van der Waals surface area contributed by atoms with E-state index in [-0.39, 0.29) is 0 Å². The Hall–Kier alpha value is 0.177. The minimum absolute atomic E-state index is 1.01. The molecule has 1 aliphatic rings. The minimum atomic E-state index is -1.24. The van der Waals surface area contributed by atoms with Crippen LogP contribution in [-0.2, 0) is 4.43 Å². The van der Waals surface area contributed by atoms with Gasteiger partial charge in [-0.3, -0.25) is 0 Å². The highest BCUT2D eigenvalue weighted by Crippen LogP contribution is 2.27. The van der Waals surface area contributed by atoms with Crippen LogP contribution < -0.4 is 0 Å². The van der Waals surface area contributed by atoms with Crippen LogP contribution in [0.1, 0.15) is 44.9 Å². The van der Waals surface area contributed by atoms with Gasteiger partial charge in [0.05, 0.1) is 0 Å². The van der Waals surface area contributed by atoms with Gasteiger partial charge in [-0.15, -0.1) is 0 Å². The Morgan fingerprint density at radius 1 is 1.07 bits per heavy atom. The smallest absolute Gasteiger partial charge is 0.183 e. The lowest BCUT2D eigenvalue weighted by atomic mass is 9.86. The summed E-state index contributed by atoms with van der Waals surface area (Å²) in [4.78, 5) is 0. The maximum atomic E-state index is 5.86. The molecular formula is C12H26OSi. The zero-order chi connectivity index (χ0) is 10.4. The standard InChI is InChI=1S/C12H26OSi/c1-14(2,3)13-11-7-10-12-8-5-4-6-9-12/h12H,4-11H2,1-3H3. The van der Waals surface area contributed by atoms with Crippen molar-refractivity contribution in [3.8, 4) is 0 Å². The molecule has 1 nitrogen and oxygen atoms in total. The molecule has 1 aliphatic carbocycles. The first-order chi connectivity index (χ1) is 6.58. The maximum absolute atomic E-state index is 5.86. The van der Waals surface area contributed by atoms with Gasteiger partial charge in [0.25, 0.3) is 0 Å². The molecule has 0 atom stereocenters. The average molecular weight is 214 g/mol. The molecule has 0 aromatic carbocycles. The predicted molar refractivity (Wildman–Crippen MR) is 65.1 cm³/mol. The van der Waals surface area contributed by atoms with E-state index in [9.17, 15) is 0 Å². The second kappa shape index (κ2) is 5.91. The molecular weight excluding hydrogens is 188 g/mol. The van der Waals surface area contributed by atoms with Gasteiger partial charge in [0.15, 0.2) is 8.32 Å². The molecule has 1 rings (SSSR count). The molecule has 1 fully saturated rings. The van der Waals surface area contributed by atoms with Gasteiger partial charge in [0, 0.05) is 6.61 Å². The summed E-state index contributed by atoms with van der Waals surface area (Å²) >= 11 is 0. The van der Waals surface area contributed by atoms with Crippen molar-refractivity contribution < 1.29 is 4.43 Å². The molecule has 0 saturated heterocycles. The molecule has 84 valence electrons. The van der Waals surface area contributed by atoms with E-state index in [2.05, 4.69) is 19.6 Å². The van der Waals surface area contributed by atoms with Crippen molar-refractivity contribution in [1.29, 1.82) is 0 Å². The zero-order valence-corrected chi connectivity index (χ0v) is 11.1. The molecule has 0 aromatic rings. The Labute approximate surface area is 90.4 Å². The largest absolute Gasteiger partial charge is 0.418 e. The van der Waals surface area contributed by atoms with Crippen LogP contribution in [0.25, 0.3) is 0 Å². The molecule has 14 heavy (non-hydrogen) atoms. The third-order valence-corrected chi connectivity index (χ3v) is 4.09. The van der Waals surface area contributed by atoms with E-state index in [1.807, 2.05) is 0 Å². The van der Waals surface area contributed by atoms with Crippen LogP contribution in [0.4, 0.5) is 0 Å². The number of hydrogen-bond acceptors (Lipinski definition) is 1. The first-order valence-corrected chi connectivity index (χ1v) is 9.63. The summed E-state index contributed by atoms with van der Waals surface area (Å²) < 4.78 is 5.86. The molecule has 0 amide bonds. The lowest BCUT2D eigenvalue weighted by Gasteiger charge is -2.22. The van der Waals surface area contributed by atoms with E-state index in [1.165, 1.54) is 44.9 Å². The third-order valence-electron chi connectivity index (χ3n) is 3.02. The molecule has 0 aromatic heterocycles. The van der Waals surface area contributed by atoms with Gasteiger partial charge >= 0.3 is 0 Å². The van der Waals surface area contributed by atoms with Crippen LogP contribution in [0.15, 0.2) is 0 Å². The summed E-state index contributed by atoms with van der Waals surface area (Å²) in [7, 11) is -1.24. The summed E-state index contributed by atoms with van der Waals surface area (Å²) in [6, 6.07) is 0. The Balaban J connectivity index is 1.97. The fraction of sp³-hybridized carbons (Fsp3) is 1.00. The molecule has 1 saturated carbocycles. The van der Waals surface area contributed by atoms with E-state index in [0.717, 1.165) is 12.5 Å². The number of rotatable bonds is 5. The van der Waals surface area contributed by atoms with Crippen LogP contribution in [0, 0.1) is 5.92 Å². The highest BCUT2D eigenvalue weighted by Gasteiger charge is 2.15. The number of hydrogen-bond donors (Lipinski definition) is 0. The lowest BCUT2D eigenvalue weighted by Crippen LogP contribution is -2.26. The van der Waals surface area contributed by atoms with Crippen LogP contribution in [0.2, 0.25) is 19.6 Å². The molecule has 0 bridgehead atoms. The second-order valence-electron chi connectivity index (χ2n) is 5.61. The monoisotopic (exact) mass is 214 g/mol. The van der Waals surface area contributed by atoms with Crippen LogP contribution >= 0.6 is 0 Å². The van der Waals surface area contributed by atoms with Crippen molar-refractivity contribution >= 4 is 8.32 Å². The normalized spacial score (nSPS) is 19.9. The fourth-order valence-electron chi connectivity index (χ4n) is 2.23. The van der Waals surface area contributed by atoms with Crippen molar-refractivity contribution in [1.82, 2.24) is 0 Å². The zero-order valence-electron chi connectivity index (χ0n) is 10.1. The van der Waals surface area contributed by atoms with Crippen molar-refractivity contribution in [3.05, 3.63) is 0 Å². The van der Waals surface area contributed by atoms with Crippen LogP contribution in [0.3, 0.4) is 0 Å². The van der Waals surface area contributed by atoms with E-state index in [0.29, 0.717) is 0 Å². The van der Waals surface area contributed by atoms with Crippen molar-refractivity contribution in [2.75, 3.05) is 6.61 Å². The molecule has 2 heteroatoms. The van der Waals surface area contributed by atoms with Gasteiger partial charge in [-0.1, -0.05) is 32.1 Å². The summed E-state index contributed by atoms with van der Waals surface area (Å²) in [5.41, 5.74) is 0. The molecule has 0 heterocycles. The summed E-state index contributed by atoms with van der Waals surface area (Å²) in [5.74, 6) is 1.02. The summed E-state index contributed by atoms with van der Waals surface area (Å²) in [6.07, 6.45) is 10.1. The first-order valence-electron chi connectivity index (χ1n) is 6.22. The van der Waals surface area contributed by atoms with Gasteiger partial charge in [-0.2, -0.15) is 0 Å². The second-order valence-corrected chi connectivity index (χ2v) is 10.1. The van der Waals surface area contributed by atoms with E-state index >= 15 is 0 Å². The van der Waals surface area contributed by atoms with E-state index in [4.69, 9.17) is 4.43 Å². The predicted octanol–water partition coefficient (Wildman–Crippen LogP) is 4.20. The Morgan fingerprint density at radius 2 is 1.71 bits per heavy atom. The van der Waals surface area contributed by atoms with Crippen molar-refractivity contribution in [3.63, 3.8) is 0 Å². The maximum Gasteiger partial charge on any atom is 0.183 e. The molecule has 0 unspecified atom stereocenters. The van der Waals surface area contributed by atoms with Gasteiger partial charge < -0.3 is 4.43 Å². The lowest BCUT2D eigenvalue weighted by molar-refractivity contribution is 0.265. The van der Waals surface area contributed by atoms with Crippen LogP contribution in [0.5, 0.6) is 0 Å². The van der Waals surface area contributed by atoms with Crippen molar-refractivity contribution in [2.45, 2.75) is 64.6 Å². The van der Waals surface area contributed by atoms with Crippen molar-refractivity contribution in [2.24, 2.45) is 5.92 Å². The summed E-state index contributed by atoms with van der Waals surface area (Å²) in [5, 5.41) is 0. The average Bonchev–Trinajstić information content (AvgIpc) is 2.13. The SMILES string of the molecule is C[Si](C)(C)OCCCC1CCCCC1. The van der Waals surface area contributed by atoms with Gasteiger partial charge in [0.1, 0.15) is 0 Å². The highest BCUT2D eigenvalue weighted by molar-refractivity contribution is 6.69. The van der Waals surface area contributed by atoms with Gasteiger partial charge in [-0.05, 0) is 38.4 Å². The van der Waals surface area contributed by atoms with Crippen LogP contribution in [-0.4, -0.2) is 14.9 Å². The Kier molecular flexibility index (Phi) is 5.17. The molecule has 0 N–H and O–H groups in total. The third kappa shape index (κ3) is 5.81. The fourth-order valence-corrected chi connectivity index (χ4v) is 2.98. The molecule has 0 radical (unpaired) electrons. The highest BCUT2D eigenvalue weighted by atomic mass is 28.4. The topological polar surface area (TPSA) is 9.23 Å².